The number of nitrogens with one attached hydrogen (secondary N) is 2. The van der Waals surface area contributed by atoms with E-state index >= 15 is 0 Å². The van der Waals surface area contributed by atoms with E-state index in [1.165, 1.54) is 24.3 Å². The summed E-state index contributed by atoms with van der Waals surface area (Å²) in [6.07, 6.45) is -4.46. The Kier molecular flexibility index (Phi) is 6.97. The molecule has 0 saturated carbocycles. The second-order valence-corrected chi connectivity index (χ2v) is 8.99. The Labute approximate surface area is 189 Å². The number of alkyl halides is 3. The van der Waals surface area contributed by atoms with E-state index in [0.717, 1.165) is 35.4 Å². The van der Waals surface area contributed by atoms with Gasteiger partial charge in [-0.05, 0) is 79.6 Å². The van der Waals surface area contributed by atoms with Gasteiger partial charge in [-0.3, -0.25) is 9.52 Å². The Hall–Kier alpha value is -3.53. The molecule has 0 unspecified atom stereocenters. The SMILES string of the molecule is Cc1ccc(C)c(NS(=O)(=O)c2ccc(OCC(=O)Nc3ccc(C(F)(F)F)cc3)cc2)c1. The summed E-state index contributed by atoms with van der Waals surface area (Å²) in [7, 11) is -3.82. The van der Waals surface area contributed by atoms with Crippen molar-refractivity contribution < 1.29 is 31.1 Å². The number of anilines is 2. The van der Waals surface area contributed by atoms with Gasteiger partial charge in [0.25, 0.3) is 15.9 Å². The fourth-order valence-electron chi connectivity index (χ4n) is 2.85. The van der Waals surface area contributed by atoms with Gasteiger partial charge < -0.3 is 10.1 Å². The summed E-state index contributed by atoms with van der Waals surface area (Å²) >= 11 is 0. The smallest absolute Gasteiger partial charge is 0.416 e. The summed E-state index contributed by atoms with van der Waals surface area (Å²) in [5.41, 5.74) is 1.55. The molecule has 0 bridgehead atoms. The molecule has 174 valence electrons. The van der Waals surface area contributed by atoms with Crippen LogP contribution in [-0.4, -0.2) is 20.9 Å². The topological polar surface area (TPSA) is 84.5 Å². The molecule has 2 N–H and O–H groups in total. The molecule has 0 radical (unpaired) electrons. The third-order valence-corrected chi connectivity index (χ3v) is 6.02. The molecular weight excluding hydrogens is 457 g/mol. The van der Waals surface area contributed by atoms with Gasteiger partial charge in [0.2, 0.25) is 0 Å². The van der Waals surface area contributed by atoms with Crippen molar-refractivity contribution in [1.29, 1.82) is 0 Å². The maximum Gasteiger partial charge on any atom is 0.416 e. The lowest BCUT2D eigenvalue weighted by molar-refractivity contribution is -0.137. The first-order chi connectivity index (χ1) is 15.4. The maximum atomic E-state index is 12.6. The van der Waals surface area contributed by atoms with E-state index in [2.05, 4.69) is 10.0 Å². The lowest BCUT2D eigenvalue weighted by atomic mass is 10.1. The highest BCUT2D eigenvalue weighted by atomic mass is 32.2. The number of sulfonamides is 1. The average Bonchev–Trinajstić information content (AvgIpc) is 2.75. The zero-order valence-corrected chi connectivity index (χ0v) is 18.5. The Morgan fingerprint density at radius 2 is 1.58 bits per heavy atom. The lowest BCUT2D eigenvalue weighted by Gasteiger charge is -2.12. The molecule has 0 heterocycles. The number of hydrogen-bond donors (Lipinski definition) is 2. The van der Waals surface area contributed by atoms with Crippen molar-refractivity contribution in [3.63, 3.8) is 0 Å². The van der Waals surface area contributed by atoms with Crippen molar-refractivity contribution in [2.45, 2.75) is 24.9 Å². The molecule has 6 nitrogen and oxygen atoms in total. The average molecular weight is 478 g/mol. The van der Waals surface area contributed by atoms with Crippen LogP contribution >= 0.6 is 0 Å². The van der Waals surface area contributed by atoms with Crippen LogP contribution in [0.1, 0.15) is 16.7 Å². The summed E-state index contributed by atoms with van der Waals surface area (Å²) in [5, 5.41) is 2.43. The monoisotopic (exact) mass is 478 g/mol. The summed E-state index contributed by atoms with van der Waals surface area (Å²) in [6, 6.07) is 14.9. The van der Waals surface area contributed by atoms with Crippen molar-refractivity contribution >= 4 is 27.3 Å². The predicted octanol–water partition coefficient (Wildman–Crippen LogP) is 5.14. The molecular formula is C23H21F3N2O4S. The summed E-state index contributed by atoms with van der Waals surface area (Å²) in [4.78, 5) is 12.0. The van der Waals surface area contributed by atoms with Gasteiger partial charge in [0, 0.05) is 5.69 Å². The zero-order valence-electron chi connectivity index (χ0n) is 17.7. The van der Waals surface area contributed by atoms with E-state index < -0.39 is 34.3 Å². The third kappa shape index (κ3) is 6.48. The molecule has 0 aliphatic rings. The highest BCUT2D eigenvalue weighted by Crippen LogP contribution is 2.29. The Morgan fingerprint density at radius 3 is 2.18 bits per heavy atom. The van der Waals surface area contributed by atoms with Crippen molar-refractivity contribution in [2.75, 3.05) is 16.6 Å². The number of benzene rings is 3. The lowest BCUT2D eigenvalue weighted by Crippen LogP contribution is -2.20. The van der Waals surface area contributed by atoms with E-state index in [4.69, 9.17) is 4.74 Å². The van der Waals surface area contributed by atoms with Crippen LogP contribution in [-0.2, 0) is 21.0 Å². The van der Waals surface area contributed by atoms with Crippen molar-refractivity contribution in [2.24, 2.45) is 0 Å². The van der Waals surface area contributed by atoms with E-state index in [1.807, 2.05) is 19.1 Å². The van der Waals surface area contributed by atoms with Gasteiger partial charge in [-0.2, -0.15) is 13.2 Å². The minimum Gasteiger partial charge on any atom is -0.484 e. The quantitative estimate of drug-likeness (QED) is 0.493. The van der Waals surface area contributed by atoms with Gasteiger partial charge in [-0.1, -0.05) is 12.1 Å². The number of aryl methyl sites for hydroxylation is 2. The number of ether oxygens (including phenoxy) is 1. The predicted molar refractivity (Wildman–Crippen MR) is 119 cm³/mol. The zero-order chi connectivity index (χ0) is 24.2. The first-order valence-electron chi connectivity index (χ1n) is 9.74. The Balaban J connectivity index is 1.58. The van der Waals surface area contributed by atoms with E-state index in [-0.39, 0.29) is 16.3 Å². The number of amides is 1. The molecule has 0 atom stereocenters. The van der Waals surface area contributed by atoms with E-state index in [1.54, 1.807) is 13.0 Å². The third-order valence-electron chi connectivity index (χ3n) is 4.64. The minimum atomic E-state index is -4.46. The molecule has 3 rings (SSSR count). The maximum absolute atomic E-state index is 12.6. The fraction of sp³-hybridized carbons (Fsp3) is 0.174. The number of halogens is 3. The van der Waals surface area contributed by atoms with Crippen molar-refractivity contribution in [3.05, 3.63) is 83.4 Å². The number of carbonyl (C=O) groups is 1. The van der Waals surface area contributed by atoms with Crippen LogP contribution < -0.4 is 14.8 Å². The van der Waals surface area contributed by atoms with Crippen molar-refractivity contribution in [1.82, 2.24) is 0 Å². The highest BCUT2D eigenvalue weighted by Gasteiger charge is 2.30. The Bertz CT molecular complexity index is 1240. The normalized spacial score (nSPS) is 11.7. The van der Waals surface area contributed by atoms with Gasteiger partial charge in [-0.15, -0.1) is 0 Å². The summed E-state index contributed by atoms with van der Waals surface area (Å²) in [5.74, 6) is -0.327. The first kappa shape index (κ1) is 24.1. The van der Waals surface area contributed by atoms with Gasteiger partial charge in [0.15, 0.2) is 6.61 Å². The van der Waals surface area contributed by atoms with Crippen molar-refractivity contribution in [3.8, 4) is 5.75 Å². The largest absolute Gasteiger partial charge is 0.484 e. The van der Waals surface area contributed by atoms with E-state index in [9.17, 15) is 26.4 Å². The number of carbonyl (C=O) groups excluding carboxylic acids is 1. The standard InChI is InChI=1S/C23H21F3N2O4S/c1-15-3-4-16(2)21(13-15)28-33(30,31)20-11-9-19(10-12-20)32-14-22(29)27-18-7-5-17(6-8-18)23(24,25)26/h3-13,28H,14H2,1-2H3,(H,27,29). The molecule has 10 heteroatoms. The summed E-state index contributed by atoms with van der Waals surface area (Å²) < 4.78 is 70.9. The van der Waals surface area contributed by atoms with Crippen LogP contribution in [0, 0.1) is 13.8 Å². The molecule has 1 amide bonds. The highest BCUT2D eigenvalue weighted by molar-refractivity contribution is 7.92. The molecule has 0 fully saturated rings. The van der Waals surface area contributed by atoms with Crippen LogP contribution in [0.15, 0.2) is 71.6 Å². The molecule has 0 aromatic heterocycles. The van der Waals surface area contributed by atoms with Gasteiger partial charge in [0.05, 0.1) is 16.1 Å². The van der Waals surface area contributed by atoms with E-state index in [0.29, 0.717) is 5.69 Å². The molecule has 0 aliphatic carbocycles. The molecule has 0 spiro atoms. The summed E-state index contributed by atoms with van der Waals surface area (Å²) in [6.45, 7) is 3.24. The fourth-order valence-corrected chi connectivity index (χ4v) is 3.97. The van der Waals surface area contributed by atoms with Gasteiger partial charge >= 0.3 is 6.18 Å². The molecule has 3 aromatic carbocycles. The second kappa shape index (κ2) is 9.53. The number of rotatable bonds is 7. The van der Waals surface area contributed by atoms with Crippen LogP contribution in [0.5, 0.6) is 5.75 Å². The van der Waals surface area contributed by atoms with Crippen LogP contribution in [0.2, 0.25) is 0 Å². The molecule has 33 heavy (non-hydrogen) atoms. The molecule has 3 aromatic rings. The number of hydrogen-bond acceptors (Lipinski definition) is 4. The van der Waals surface area contributed by atoms with Crippen LogP contribution in [0.25, 0.3) is 0 Å². The minimum absolute atomic E-state index is 0.0185. The Morgan fingerprint density at radius 1 is 0.939 bits per heavy atom. The molecule has 0 aliphatic heterocycles. The van der Waals surface area contributed by atoms with Crippen LogP contribution in [0.3, 0.4) is 0 Å². The second-order valence-electron chi connectivity index (χ2n) is 7.31. The first-order valence-corrected chi connectivity index (χ1v) is 11.2. The van der Waals surface area contributed by atoms with Gasteiger partial charge in [0.1, 0.15) is 5.75 Å². The van der Waals surface area contributed by atoms with Crippen LogP contribution in [0.4, 0.5) is 24.5 Å². The van der Waals surface area contributed by atoms with Gasteiger partial charge in [-0.25, -0.2) is 8.42 Å². The molecule has 0 saturated heterocycles.